The Morgan fingerprint density at radius 2 is 2.25 bits per heavy atom. The number of rotatable bonds is 2. The first-order valence-electron chi connectivity index (χ1n) is 4.55. The van der Waals surface area contributed by atoms with Gasteiger partial charge in [0.15, 0.2) is 0 Å². The van der Waals surface area contributed by atoms with Crippen LogP contribution in [0.3, 0.4) is 0 Å². The lowest BCUT2D eigenvalue weighted by atomic mass is 10.1. The van der Waals surface area contributed by atoms with Crippen LogP contribution in [0.25, 0.3) is 0 Å². The Bertz CT molecular complexity index is 251. The summed E-state index contributed by atoms with van der Waals surface area (Å²) >= 11 is 1.79. The fourth-order valence-corrected chi connectivity index (χ4v) is 2.79. The van der Waals surface area contributed by atoms with E-state index in [1.54, 1.807) is 11.3 Å². The summed E-state index contributed by atoms with van der Waals surface area (Å²) < 4.78 is 0. The lowest BCUT2D eigenvalue weighted by Crippen LogP contribution is -1.93. The Kier molecular flexibility index (Phi) is 2.42. The van der Waals surface area contributed by atoms with Crippen molar-refractivity contribution < 1.29 is 0 Å². The number of aromatic nitrogens is 1. The predicted molar refractivity (Wildman–Crippen MR) is 51.2 cm³/mol. The molecule has 0 atom stereocenters. The van der Waals surface area contributed by atoms with E-state index in [1.165, 1.54) is 30.6 Å². The third-order valence-electron chi connectivity index (χ3n) is 2.50. The fourth-order valence-electron chi connectivity index (χ4n) is 1.82. The number of thiazole rings is 1. The summed E-state index contributed by atoms with van der Waals surface area (Å²) in [5.74, 6) is 0.794. The van der Waals surface area contributed by atoms with Gasteiger partial charge >= 0.3 is 0 Å². The average Bonchev–Trinajstić information content (AvgIpc) is 2.75. The minimum absolute atomic E-state index is 0.595. The minimum Gasteiger partial charge on any atom is -0.325 e. The van der Waals surface area contributed by atoms with Crippen LogP contribution >= 0.6 is 11.3 Å². The van der Waals surface area contributed by atoms with Crippen LogP contribution in [0.2, 0.25) is 0 Å². The zero-order valence-electron chi connectivity index (χ0n) is 7.12. The van der Waals surface area contributed by atoms with Gasteiger partial charge in [-0.1, -0.05) is 12.8 Å². The number of nitrogens with zero attached hydrogens (tertiary/aromatic N) is 1. The summed E-state index contributed by atoms with van der Waals surface area (Å²) in [6, 6.07) is 0. The molecule has 1 heterocycles. The van der Waals surface area contributed by atoms with Crippen LogP contribution < -0.4 is 5.73 Å². The van der Waals surface area contributed by atoms with Gasteiger partial charge in [-0.25, -0.2) is 4.98 Å². The van der Waals surface area contributed by atoms with E-state index < -0.39 is 0 Å². The van der Waals surface area contributed by atoms with E-state index in [-0.39, 0.29) is 0 Å². The van der Waals surface area contributed by atoms with Crippen LogP contribution in [0.15, 0.2) is 6.20 Å². The molecule has 1 fully saturated rings. The highest BCUT2D eigenvalue weighted by molar-refractivity contribution is 7.11. The van der Waals surface area contributed by atoms with Crippen molar-refractivity contribution in [2.75, 3.05) is 0 Å². The van der Waals surface area contributed by atoms with E-state index in [4.69, 9.17) is 5.73 Å². The second-order valence-corrected chi connectivity index (χ2v) is 4.49. The molecular weight excluding hydrogens is 168 g/mol. The molecule has 2 rings (SSSR count). The minimum atomic E-state index is 0.595. The third-order valence-corrected chi connectivity index (χ3v) is 3.69. The number of hydrogen-bond acceptors (Lipinski definition) is 3. The lowest BCUT2D eigenvalue weighted by Gasteiger charge is -2.02. The Morgan fingerprint density at radius 1 is 1.50 bits per heavy atom. The van der Waals surface area contributed by atoms with Crippen molar-refractivity contribution in [3.63, 3.8) is 0 Å². The molecule has 0 aliphatic heterocycles. The van der Waals surface area contributed by atoms with Gasteiger partial charge in [0.25, 0.3) is 0 Å². The first-order chi connectivity index (χ1) is 5.90. The normalized spacial score (nSPS) is 18.8. The predicted octanol–water partition coefficient (Wildman–Crippen LogP) is 2.26. The molecular formula is C9H14N2S. The van der Waals surface area contributed by atoms with E-state index in [0.29, 0.717) is 6.54 Å². The molecule has 1 aromatic rings. The Hall–Kier alpha value is -0.410. The molecule has 0 unspecified atom stereocenters. The summed E-state index contributed by atoms with van der Waals surface area (Å²) in [7, 11) is 0. The van der Waals surface area contributed by atoms with Gasteiger partial charge < -0.3 is 5.73 Å². The highest BCUT2D eigenvalue weighted by Gasteiger charge is 2.18. The maximum Gasteiger partial charge on any atom is 0.106 e. The zero-order valence-corrected chi connectivity index (χ0v) is 7.94. The summed E-state index contributed by atoms with van der Waals surface area (Å²) in [5.41, 5.74) is 5.51. The SMILES string of the molecule is NCc1ncc(C2CCCC2)s1. The molecule has 0 amide bonds. The van der Waals surface area contributed by atoms with Crippen molar-refractivity contribution in [2.24, 2.45) is 5.73 Å². The monoisotopic (exact) mass is 182 g/mol. The van der Waals surface area contributed by atoms with E-state index in [2.05, 4.69) is 4.98 Å². The van der Waals surface area contributed by atoms with E-state index in [1.807, 2.05) is 6.20 Å². The van der Waals surface area contributed by atoms with Gasteiger partial charge in [-0.05, 0) is 18.8 Å². The molecule has 1 saturated carbocycles. The molecule has 0 aromatic carbocycles. The first kappa shape index (κ1) is 8.20. The molecule has 2 nitrogen and oxygen atoms in total. The topological polar surface area (TPSA) is 38.9 Å². The smallest absolute Gasteiger partial charge is 0.106 e. The van der Waals surface area contributed by atoms with Gasteiger partial charge in [0.1, 0.15) is 5.01 Å². The zero-order chi connectivity index (χ0) is 8.39. The highest BCUT2D eigenvalue weighted by atomic mass is 32.1. The molecule has 0 saturated heterocycles. The van der Waals surface area contributed by atoms with Crippen molar-refractivity contribution in [3.05, 3.63) is 16.1 Å². The number of hydrogen-bond donors (Lipinski definition) is 1. The average molecular weight is 182 g/mol. The second-order valence-electron chi connectivity index (χ2n) is 3.34. The maximum absolute atomic E-state index is 5.51. The van der Waals surface area contributed by atoms with Crippen LogP contribution in [0.1, 0.15) is 41.5 Å². The van der Waals surface area contributed by atoms with Crippen LogP contribution in [-0.2, 0) is 6.54 Å². The van der Waals surface area contributed by atoms with E-state index >= 15 is 0 Å². The van der Waals surface area contributed by atoms with Gasteiger partial charge in [0, 0.05) is 17.6 Å². The Balaban J connectivity index is 2.11. The van der Waals surface area contributed by atoms with Gasteiger partial charge in [-0.15, -0.1) is 11.3 Å². The molecule has 1 aliphatic carbocycles. The molecule has 12 heavy (non-hydrogen) atoms. The quantitative estimate of drug-likeness (QED) is 0.762. The van der Waals surface area contributed by atoms with Crippen molar-refractivity contribution in [3.8, 4) is 0 Å². The molecule has 0 spiro atoms. The van der Waals surface area contributed by atoms with Crippen molar-refractivity contribution >= 4 is 11.3 Å². The summed E-state index contributed by atoms with van der Waals surface area (Å²) in [6.07, 6.45) is 7.50. The van der Waals surface area contributed by atoms with Crippen molar-refractivity contribution in [2.45, 2.75) is 38.1 Å². The van der Waals surface area contributed by atoms with Crippen LogP contribution in [0.5, 0.6) is 0 Å². The lowest BCUT2D eigenvalue weighted by molar-refractivity contribution is 0.736. The first-order valence-corrected chi connectivity index (χ1v) is 5.36. The van der Waals surface area contributed by atoms with Crippen LogP contribution in [0.4, 0.5) is 0 Å². The molecule has 0 radical (unpaired) electrons. The molecule has 1 aliphatic rings. The fraction of sp³-hybridized carbons (Fsp3) is 0.667. The largest absolute Gasteiger partial charge is 0.325 e. The van der Waals surface area contributed by atoms with Gasteiger partial charge in [-0.2, -0.15) is 0 Å². The van der Waals surface area contributed by atoms with Gasteiger partial charge in [-0.3, -0.25) is 0 Å². The summed E-state index contributed by atoms with van der Waals surface area (Å²) in [6.45, 7) is 0.595. The van der Waals surface area contributed by atoms with Crippen molar-refractivity contribution in [1.29, 1.82) is 0 Å². The van der Waals surface area contributed by atoms with E-state index in [0.717, 1.165) is 10.9 Å². The van der Waals surface area contributed by atoms with Gasteiger partial charge in [0.05, 0.1) is 0 Å². The van der Waals surface area contributed by atoms with Gasteiger partial charge in [0.2, 0.25) is 0 Å². The molecule has 66 valence electrons. The second kappa shape index (κ2) is 3.54. The molecule has 3 heteroatoms. The molecule has 2 N–H and O–H groups in total. The maximum atomic E-state index is 5.51. The highest BCUT2D eigenvalue weighted by Crippen LogP contribution is 2.36. The molecule has 1 aromatic heterocycles. The molecule has 0 bridgehead atoms. The van der Waals surface area contributed by atoms with Crippen LogP contribution in [-0.4, -0.2) is 4.98 Å². The van der Waals surface area contributed by atoms with Crippen LogP contribution in [0, 0.1) is 0 Å². The summed E-state index contributed by atoms with van der Waals surface area (Å²) in [5, 5.41) is 1.08. The standard InChI is InChI=1S/C9H14N2S/c10-5-9-11-6-8(12-9)7-3-1-2-4-7/h6-7H,1-5,10H2. The third kappa shape index (κ3) is 1.52. The Morgan fingerprint density at radius 3 is 2.83 bits per heavy atom. The number of nitrogens with two attached hydrogens (primary N) is 1. The summed E-state index contributed by atoms with van der Waals surface area (Å²) in [4.78, 5) is 5.72. The van der Waals surface area contributed by atoms with Crippen molar-refractivity contribution in [1.82, 2.24) is 4.98 Å². The van der Waals surface area contributed by atoms with E-state index in [9.17, 15) is 0 Å². The Labute approximate surface area is 76.8 Å².